The summed E-state index contributed by atoms with van der Waals surface area (Å²) >= 11 is 0. The quantitative estimate of drug-likeness (QED) is 0.875. The molecule has 1 aromatic heterocycles. The maximum absolute atomic E-state index is 13.4. The average Bonchev–Trinajstić information content (AvgIpc) is 2.48. The van der Waals surface area contributed by atoms with E-state index < -0.39 is 0 Å². The molecule has 5 nitrogen and oxygen atoms in total. The topological polar surface area (TPSA) is 64.3 Å². The fourth-order valence-electron chi connectivity index (χ4n) is 1.84. The number of hydrogen-bond acceptors (Lipinski definition) is 5. The van der Waals surface area contributed by atoms with E-state index >= 15 is 0 Å². The van der Waals surface area contributed by atoms with E-state index in [0.29, 0.717) is 30.5 Å². The second-order valence-electron chi connectivity index (χ2n) is 4.19. The average molecular weight is 276 g/mol. The fraction of sp³-hybridized carbons (Fsp3) is 0.286. The number of nitrogens with zero attached hydrogens (tertiary/aromatic N) is 3. The highest BCUT2D eigenvalue weighted by molar-refractivity contribution is 5.59. The molecule has 0 bridgehead atoms. The number of benzene rings is 1. The number of aromatic nitrogens is 2. The second-order valence-corrected chi connectivity index (χ2v) is 4.19. The molecule has 2 N–H and O–H groups in total. The molecule has 2 aromatic rings. The molecule has 0 fully saturated rings. The molecular formula is C14H17FN4O. The van der Waals surface area contributed by atoms with Gasteiger partial charge in [-0.25, -0.2) is 4.39 Å². The highest BCUT2D eigenvalue weighted by atomic mass is 19.1. The first-order valence-electron chi connectivity index (χ1n) is 6.34. The third kappa shape index (κ3) is 3.42. The van der Waals surface area contributed by atoms with Gasteiger partial charge in [0.2, 0.25) is 5.88 Å². The molecule has 0 spiro atoms. The first-order chi connectivity index (χ1) is 9.74. The normalized spacial score (nSPS) is 10.3. The molecule has 0 unspecified atom stereocenters. The standard InChI is InChI=1S/C14H17FN4O/c1-20-14-10-17-9-13(18-14)19(7-3-6-16)12-5-2-4-11(15)8-12/h2,4-5,8-10H,3,6-7,16H2,1H3. The van der Waals surface area contributed by atoms with Crippen LogP contribution in [0.5, 0.6) is 5.88 Å². The van der Waals surface area contributed by atoms with Crippen LogP contribution in [0.2, 0.25) is 0 Å². The van der Waals surface area contributed by atoms with Gasteiger partial charge in [-0.3, -0.25) is 4.98 Å². The Morgan fingerprint density at radius 2 is 2.20 bits per heavy atom. The minimum atomic E-state index is -0.295. The van der Waals surface area contributed by atoms with Crippen LogP contribution in [-0.4, -0.2) is 30.2 Å². The summed E-state index contributed by atoms with van der Waals surface area (Å²) in [5.74, 6) is 0.719. The summed E-state index contributed by atoms with van der Waals surface area (Å²) in [7, 11) is 1.53. The summed E-state index contributed by atoms with van der Waals surface area (Å²) in [5.41, 5.74) is 6.27. The third-order valence-corrected chi connectivity index (χ3v) is 2.79. The van der Waals surface area contributed by atoms with E-state index in [4.69, 9.17) is 10.5 Å². The molecule has 106 valence electrons. The maximum Gasteiger partial charge on any atom is 0.234 e. The van der Waals surface area contributed by atoms with Gasteiger partial charge >= 0.3 is 0 Å². The number of rotatable bonds is 6. The lowest BCUT2D eigenvalue weighted by atomic mass is 10.2. The van der Waals surface area contributed by atoms with Crippen molar-refractivity contribution < 1.29 is 9.13 Å². The van der Waals surface area contributed by atoms with Gasteiger partial charge in [-0.2, -0.15) is 4.98 Å². The zero-order valence-corrected chi connectivity index (χ0v) is 11.3. The van der Waals surface area contributed by atoms with Crippen LogP contribution in [-0.2, 0) is 0 Å². The Hall–Kier alpha value is -2.21. The summed E-state index contributed by atoms with van der Waals surface area (Å²) < 4.78 is 18.5. The van der Waals surface area contributed by atoms with Crippen molar-refractivity contribution in [3.8, 4) is 5.88 Å². The number of methoxy groups -OCH3 is 1. The molecular weight excluding hydrogens is 259 g/mol. The van der Waals surface area contributed by atoms with Crippen LogP contribution in [0.4, 0.5) is 15.9 Å². The Labute approximate surface area is 117 Å². The Kier molecular flexibility index (Phi) is 4.84. The number of halogens is 1. The van der Waals surface area contributed by atoms with Gasteiger partial charge < -0.3 is 15.4 Å². The van der Waals surface area contributed by atoms with E-state index in [1.165, 1.54) is 25.4 Å². The number of hydrogen-bond donors (Lipinski definition) is 1. The van der Waals surface area contributed by atoms with Crippen molar-refractivity contribution in [3.05, 3.63) is 42.5 Å². The van der Waals surface area contributed by atoms with E-state index in [1.807, 2.05) is 11.0 Å². The Morgan fingerprint density at radius 3 is 2.90 bits per heavy atom. The van der Waals surface area contributed by atoms with Crippen molar-refractivity contribution in [2.45, 2.75) is 6.42 Å². The van der Waals surface area contributed by atoms with E-state index in [1.54, 1.807) is 12.3 Å². The van der Waals surface area contributed by atoms with Crippen molar-refractivity contribution in [1.29, 1.82) is 0 Å². The molecule has 0 radical (unpaired) electrons. The molecule has 0 saturated heterocycles. The summed E-state index contributed by atoms with van der Waals surface area (Å²) in [4.78, 5) is 10.3. The fourth-order valence-corrected chi connectivity index (χ4v) is 1.84. The van der Waals surface area contributed by atoms with Crippen molar-refractivity contribution >= 4 is 11.5 Å². The van der Waals surface area contributed by atoms with E-state index in [-0.39, 0.29) is 5.82 Å². The van der Waals surface area contributed by atoms with Gasteiger partial charge in [0.1, 0.15) is 5.82 Å². The Morgan fingerprint density at radius 1 is 1.35 bits per heavy atom. The minimum Gasteiger partial charge on any atom is -0.480 e. The van der Waals surface area contributed by atoms with Crippen molar-refractivity contribution in [2.75, 3.05) is 25.1 Å². The number of ether oxygens (including phenoxy) is 1. The lowest BCUT2D eigenvalue weighted by molar-refractivity contribution is 0.396. The molecule has 2 rings (SSSR count). The second kappa shape index (κ2) is 6.81. The zero-order chi connectivity index (χ0) is 14.4. The van der Waals surface area contributed by atoms with Crippen LogP contribution in [0, 0.1) is 5.82 Å². The molecule has 20 heavy (non-hydrogen) atoms. The van der Waals surface area contributed by atoms with Crippen molar-refractivity contribution in [3.63, 3.8) is 0 Å². The highest BCUT2D eigenvalue weighted by Crippen LogP contribution is 2.25. The Balaban J connectivity index is 2.35. The smallest absolute Gasteiger partial charge is 0.234 e. The number of anilines is 2. The third-order valence-electron chi connectivity index (χ3n) is 2.79. The molecule has 0 saturated carbocycles. The summed E-state index contributed by atoms with van der Waals surface area (Å²) in [6.45, 7) is 1.17. The zero-order valence-electron chi connectivity index (χ0n) is 11.3. The van der Waals surface area contributed by atoms with Gasteiger partial charge in [0.25, 0.3) is 0 Å². The molecule has 0 aliphatic carbocycles. The molecule has 1 aromatic carbocycles. The molecule has 0 aliphatic rings. The summed E-state index contributed by atoms with van der Waals surface area (Å²) in [6.07, 6.45) is 3.90. The van der Waals surface area contributed by atoms with Crippen LogP contribution in [0.3, 0.4) is 0 Å². The largest absolute Gasteiger partial charge is 0.480 e. The molecule has 1 heterocycles. The van der Waals surface area contributed by atoms with E-state index in [2.05, 4.69) is 9.97 Å². The summed E-state index contributed by atoms with van der Waals surface area (Å²) in [5, 5.41) is 0. The van der Waals surface area contributed by atoms with Gasteiger partial charge in [0.15, 0.2) is 5.82 Å². The van der Waals surface area contributed by atoms with Crippen LogP contribution >= 0.6 is 0 Å². The lowest BCUT2D eigenvalue weighted by Crippen LogP contribution is -2.22. The monoisotopic (exact) mass is 276 g/mol. The van der Waals surface area contributed by atoms with Gasteiger partial charge in [-0.05, 0) is 31.2 Å². The van der Waals surface area contributed by atoms with Gasteiger partial charge in [-0.15, -0.1) is 0 Å². The molecule has 6 heteroatoms. The highest BCUT2D eigenvalue weighted by Gasteiger charge is 2.12. The van der Waals surface area contributed by atoms with Gasteiger partial charge in [0, 0.05) is 12.2 Å². The first kappa shape index (κ1) is 14.2. The predicted octanol–water partition coefficient (Wildman–Crippen LogP) is 2.11. The van der Waals surface area contributed by atoms with Crippen LogP contribution in [0.25, 0.3) is 0 Å². The van der Waals surface area contributed by atoms with Gasteiger partial charge in [-0.1, -0.05) is 6.07 Å². The SMILES string of the molecule is COc1cncc(N(CCCN)c2cccc(F)c2)n1. The molecule has 0 aliphatic heterocycles. The van der Waals surface area contributed by atoms with Crippen LogP contribution < -0.4 is 15.4 Å². The molecule has 0 atom stereocenters. The maximum atomic E-state index is 13.4. The summed E-state index contributed by atoms with van der Waals surface area (Å²) in [6, 6.07) is 6.34. The number of nitrogens with two attached hydrogens (primary N) is 1. The van der Waals surface area contributed by atoms with E-state index in [0.717, 1.165) is 6.42 Å². The van der Waals surface area contributed by atoms with Crippen LogP contribution in [0.15, 0.2) is 36.7 Å². The minimum absolute atomic E-state index is 0.295. The van der Waals surface area contributed by atoms with Crippen molar-refractivity contribution in [1.82, 2.24) is 9.97 Å². The van der Waals surface area contributed by atoms with Gasteiger partial charge in [0.05, 0.1) is 19.5 Å². The van der Waals surface area contributed by atoms with E-state index in [9.17, 15) is 4.39 Å². The lowest BCUT2D eigenvalue weighted by Gasteiger charge is -2.23. The molecule has 0 amide bonds. The van der Waals surface area contributed by atoms with Crippen molar-refractivity contribution in [2.24, 2.45) is 5.73 Å². The predicted molar refractivity (Wildman–Crippen MR) is 75.7 cm³/mol. The first-order valence-corrected chi connectivity index (χ1v) is 6.34. The van der Waals surface area contributed by atoms with Crippen LogP contribution in [0.1, 0.15) is 6.42 Å². The Bertz CT molecular complexity index is 564.